The predicted molar refractivity (Wildman–Crippen MR) is 431 cm³/mol. The Kier molecular flexibility index (Phi) is 28.5. The first kappa shape index (κ1) is 85.0. The normalized spacial score (nSPS) is 21.7. The number of rotatable bonds is 24. The van der Waals surface area contributed by atoms with Gasteiger partial charge in [0.25, 0.3) is 10.9 Å². The number of unbranched alkanes of at least 4 members (excludes halogenated alkanes) is 3. The number of allylic oxidation sites excluding steroid dienone is 6. The van der Waals surface area contributed by atoms with Gasteiger partial charge in [0, 0.05) is 124 Å². The van der Waals surface area contributed by atoms with Crippen molar-refractivity contribution in [2.45, 2.75) is 323 Å². The molecular weight excluding hydrogens is 1400 g/mol. The van der Waals surface area contributed by atoms with Crippen LogP contribution in [0.1, 0.15) is 275 Å². The second-order valence-corrected chi connectivity index (χ2v) is 33.8. The number of aliphatic imine (C=N–C) groups is 1. The predicted octanol–water partition coefficient (Wildman–Crippen LogP) is 15.5. The number of Topliss-reactive ketones (excluding diaryl/α,β-unsaturated/α-hetero) is 1. The Balaban J connectivity index is 0.000000285. The molecule has 602 valence electrons. The van der Waals surface area contributed by atoms with Crippen molar-refractivity contribution in [3.63, 3.8) is 0 Å². The van der Waals surface area contributed by atoms with Gasteiger partial charge >= 0.3 is 18.3 Å². The van der Waals surface area contributed by atoms with E-state index in [1.54, 1.807) is 0 Å². The Morgan fingerprint density at radius 3 is 1.35 bits per heavy atom. The van der Waals surface area contributed by atoms with E-state index in [2.05, 4.69) is 162 Å². The van der Waals surface area contributed by atoms with Crippen LogP contribution in [-0.2, 0) is 44.2 Å². The van der Waals surface area contributed by atoms with Gasteiger partial charge in [0.2, 0.25) is 35.0 Å². The third-order valence-electron chi connectivity index (χ3n) is 24.2. The molecule has 3 atom stereocenters. The molecule has 3 unspecified atom stereocenters. The van der Waals surface area contributed by atoms with Gasteiger partial charge < -0.3 is 70.8 Å². The number of ketones is 1. The summed E-state index contributed by atoms with van der Waals surface area (Å²) in [6, 6.07) is 12.0. The van der Waals surface area contributed by atoms with Crippen molar-refractivity contribution in [2.24, 2.45) is 10.4 Å². The summed E-state index contributed by atoms with van der Waals surface area (Å²) in [5, 5.41) is 43.7. The van der Waals surface area contributed by atoms with Crippen molar-refractivity contribution >= 4 is 75.8 Å². The lowest BCUT2D eigenvalue weighted by atomic mass is 9.73. The Bertz CT molecular complexity index is 4080. The monoisotopic (exact) mass is 1520 g/mol. The maximum atomic E-state index is 14.9. The maximum Gasteiger partial charge on any atom is 0.407 e. The quantitative estimate of drug-likeness (QED) is 0.0179. The molecule has 24 heteroatoms. The first-order chi connectivity index (χ1) is 52.1. The number of hydrogen-bond acceptors (Lipinski definition) is 18. The van der Waals surface area contributed by atoms with E-state index in [1.807, 2.05) is 30.4 Å². The zero-order valence-electron chi connectivity index (χ0n) is 67.9. The number of amides is 6. The average Bonchev–Trinajstić information content (AvgIpc) is 1.42. The lowest BCUT2D eigenvalue weighted by Crippen LogP contribution is -2.42. The Morgan fingerprint density at radius 2 is 0.918 bits per heavy atom. The van der Waals surface area contributed by atoms with Crippen molar-refractivity contribution in [1.29, 1.82) is 0 Å². The molecular formula is C86H123N9O15. The van der Waals surface area contributed by atoms with E-state index < -0.39 is 40.3 Å². The molecule has 110 heavy (non-hydrogen) atoms. The van der Waals surface area contributed by atoms with Crippen molar-refractivity contribution in [1.82, 2.24) is 20.9 Å². The van der Waals surface area contributed by atoms with Gasteiger partial charge in [-0.3, -0.25) is 28.8 Å². The van der Waals surface area contributed by atoms with Crippen molar-refractivity contribution in [3.05, 3.63) is 108 Å². The number of carbonyl (C=O) groups excluding carboxylic acids is 7. The van der Waals surface area contributed by atoms with E-state index in [0.717, 1.165) is 92.4 Å². The second-order valence-electron chi connectivity index (χ2n) is 33.8. The highest BCUT2D eigenvalue weighted by Gasteiger charge is 2.50. The van der Waals surface area contributed by atoms with Gasteiger partial charge in [-0.25, -0.2) is 19.4 Å². The van der Waals surface area contributed by atoms with E-state index in [9.17, 15) is 48.3 Å². The van der Waals surface area contributed by atoms with Gasteiger partial charge in [0.1, 0.15) is 5.76 Å². The first-order valence-corrected chi connectivity index (χ1v) is 40.6. The van der Waals surface area contributed by atoms with Crippen LogP contribution in [0.5, 0.6) is 11.5 Å². The van der Waals surface area contributed by atoms with Gasteiger partial charge in [-0.1, -0.05) is 105 Å². The van der Waals surface area contributed by atoms with Gasteiger partial charge in [-0.05, 0) is 192 Å². The molecule has 0 bridgehead atoms. The number of fused-ring (bicyclic) bond motifs is 3. The molecule has 4 fully saturated rings. The van der Waals surface area contributed by atoms with Crippen LogP contribution in [0.25, 0.3) is 5.57 Å². The fourth-order valence-electron chi connectivity index (χ4n) is 17.0. The minimum Gasteiger partial charge on any atom is -0.506 e. The van der Waals surface area contributed by atoms with Crippen LogP contribution in [-0.4, -0.2) is 142 Å². The summed E-state index contributed by atoms with van der Waals surface area (Å²) in [6.45, 7) is 33.6. The van der Waals surface area contributed by atoms with E-state index in [-0.39, 0.29) is 125 Å². The molecule has 3 aromatic rings. The third-order valence-corrected chi connectivity index (χ3v) is 24.2. The summed E-state index contributed by atoms with van der Waals surface area (Å²) in [5.41, 5.74) is 6.36. The molecule has 8 N–H and O–H groups in total. The number of alkyl carbamates (subject to hydrolysis) is 3. The second kappa shape index (κ2) is 36.9. The number of aliphatic hydroxyl groups excluding tert-OH is 1. The molecule has 8 aliphatic rings. The van der Waals surface area contributed by atoms with Crippen molar-refractivity contribution < 1.29 is 63.1 Å². The summed E-state index contributed by atoms with van der Waals surface area (Å²) in [7, 11) is 0. The lowest BCUT2D eigenvalue weighted by Gasteiger charge is -2.34. The van der Waals surface area contributed by atoms with Crippen LogP contribution in [0.4, 0.5) is 37.1 Å². The molecule has 0 aromatic heterocycles. The van der Waals surface area contributed by atoms with E-state index in [1.165, 1.54) is 43.4 Å². The lowest BCUT2D eigenvalue weighted by molar-refractivity contribution is -0.118. The number of anilines is 4. The summed E-state index contributed by atoms with van der Waals surface area (Å²) < 4.78 is 16.1. The Labute approximate surface area is 649 Å². The Morgan fingerprint density at radius 1 is 0.500 bits per heavy atom. The maximum absolute atomic E-state index is 14.9. The number of aromatic hydroxyl groups is 2. The van der Waals surface area contributed by atoms with Crippen molar-refractivity contribution in [3.8, 4) is 11.5 Å². The fraction of sp³-hybridized carbons (Fsp3) is 0.628. The van der Waals surface area contributed by atoms with Gasteiger partial charge in [-0.15, -0.1) is 0 Å². The van der Waals surface area contributed by atoms with E-state index >= 15 is 0 Å². The zero-order valence-corrected chi connectivity index (χ0v) is 67.9. The number of benzene rings is 2. The van der Waals surface area contributed by atoms with Crippen LogP contribution in [0.15, 0.2) is 85.2 Å². The number of nitrogens with zero attached hydrogens (tertiary/aromatic N) is 4. The number of aliphatic hydroxyl groups is 1. The molecule has 6 amide bonds. The molecule has 0 spiro atoms. The van der Waals surface area contributed by atoms with Crippen molar-refractivity contribution in [2.75, 3.05) is 40.3 Å². The number of hydrogen-bond donors (Lipinski definition) is 8. The number of carbonyl (C=O) groups is 7. The van der Waals surface area contributed by atoms with Crippen LogP contribution >= 0.6 is 0 Å². The van der Waals surface area contributed by atoms with Gasteiger partial charge in [0.05, 0.1) is 42.4 Å². The summed E-state index contributed by atoms with van der Waals surface area (Å²) in [4.78, 5) is 123. The molecule has 0 radical (unpaired) electrons. The number of likely N-dealkylation sites (tertiary alicyclic amines) is 1. The smallest absolute Gasteiger partial charge is 0.407 e. The van der Waals surface area contributed by atoms with Gasteiger partial charge in [0.15, 0.2) is 0 Å². The average molecular weight is 1520 g/mol. The molecule has 3 heterocycles. The summed E-state index contributed by atoms with van der Waals surface area (Å²) in [5.74, 6) is -2.91. The molecule has 5 aliphatic carbocycles. The SMILES string of the molecule is CC(C)N1C2=CC(=NC(=O)CCCCOC(=O)NC3CCCCC3)C(=C3C(=O)C(c4cc5c(cc4NC(=O)CCCCOC(=O)NC4CCCCC4)N(C(C)C)C(C)C5(C)C)=C3O)C=C2C(C)(C)C1C.CC(C)N1c2cc(NC(=O)CCCCOC(=O)NC3CCCCC3)ccc2C(C)(C)C1C.O=c1c(O)c(O)c1=O. The minimum atomic E-state index is -1.01. The molecule has 3 aromatic carbocycles. The topological polar surface area (TPSA) is 324 Å². The highest BCUT2D eigenvalue weighted by molar-refractivity contribution is 6.42. The largest absolute Gasteiger partial charge is 0.506 e. The molecule has 3 aliphatic heterocycles. The fourth-order valence-corrected chi connectivity index (χ4v) is 17.0. The zero-order chi connectivity index (χ0) is 80.3. The summed E-state index contributed by atoms with van der Waals surface area (Å²) in [6.07, 6.45) is 23.0. The molecule has 1 saturated heterocycles. The minimum absolute atomic E-state index is 0.00184. The number of ether oxygens (including phenoxy) is 3. The van der Waals surface area contributed by atoms with Crippen LogP contribution in [0, 0.1) is 5.41 Å². The molecule has 3 saturated carbocycles. The summed E-state index contributed by atoms with van der Waals surface area (Å²) >= 11 is 0. The van der Waals surface area contributed by atoms with Gasteiger partial charge in [-0.2, -0.15) is 0 Å². The van der Waals surface area contributed by atoms with E-state index in [4.69, 9.17) is 24.4 Å². The first-order valence-electron chi connectivity index (χ1n) is 40.6. The van der Waals surface area contributed by atoms with Crippen LogP contribution in [0.2, 0.25) is 0 Å². The molecule has 24 nitrogen and oxygen atoms in total. The number of nitrogens with one attached hydrogen (secondary N) is 5. The standard InChI is InChI=1S/C56H80N6O8.C26H41N3O3.C4H2O4/c1-33(2)61-35(5)55(7,8)41-29-39(43(31-45(41)61)59-47(63)25-17-19-27-69-53(67)57-37-21-13-11-14-22-37)49-51(65)50(52(49)66)40-30-42-46(62(34(3)4)36(6)56(42,9)10)32-44(40)60-48(64)26-18-20-28-70-54(68)58-38-23-15-12-16-24-38;1-18(2)29-19(3)26(4,5)22-15-14-21(17-23(22)29)27-24(30)13-9-10-16-32-25(31)28-20-11-7-6-8-12-20;5-1-2(6)4(8)3(1)7/h29-38,65H,11-28H2,1-10H3,(H,57,67)(H,58,68)(H,59,63);14-15,17-20H,6-13,16H2,1-5H3,(H,27,30)(H,28,31);5-6H. The van der Waals surface area contributed by atoms with E-state index in [0.29, 0.717) is 86.2 Å². The van der Waals surface area contributed by atoms with Crippen LogP contribution < -0.4 is 47.2 Å². The highest BCUT2D eigenvalue weighted by Crippen LogP contribution is 2.54. The highest BCUT2D eigenvalue weighted by atomic mass is 16.6. The molecule has 11 rings (SSSR count). The third kappa shape index (κ3) is 19.7. The Hall–Kier alpha value is -8.96. The van der Waals surface area contributed by atoms with Crippen LogP contribution in [0.3, 0.4) is 0 Å².